The van der Waals surface area contributed by atoms with Crippen molar-refractivity contribution in [2.24, 2.45) is 4.99 Å². The van der Waals surface area contributed by atoms with Gasteiger partial charge < -0.3 is 24.8 Å². The van der Waals surface area contributed by atoms with Gasteiger partial charge in [-0.25, -0.2) is 0 Å². The minimum atomic E-state index is 0.209. The van der Waals surface area contributed by atoms with E-state index in [0.717, 1.165) is 49.0 Å². The number of hydrogen-bond donors (Lipinski definition) is 2. The number of hydrogen-bond acceptors (Lipinski definition) is 5. The summed E-state index contributed by atoms with van der Waals surface area (Å²) in [5.74, 6) is 3.19. The third-order valence-corrected chi connectivity index (χ3v) is 5.78. The van der Waals surface area contributed by atoms with E-state index in [2.05, 4.69) is 32.7 Å². The second kappa shape index (κ2) is 10.4. The quantitative estimate of drug-likeness (QED) is 0.545. The number of rotatable bonds is 6. The second-order valence-corrected chi connectivity index (χ2v) is 7.79. The minimum Gasteiger partial charge on any atom is -0.496 e. The first kappa shape index (κ1) is 21.3. The average Bonchev–Trinajstić information content (AvgIpc) is 3.24. The first-order chi connectivity index (χ1) is 15.3. The van der Waals surface area contributed by atoms with Crippen LogP contribution in [0.2, 0.25) is 0 Å². The van der Waals surface area contributed by atoms with E-state index >= 15 is 0 Å². The third kappa shape index (κ3) is 5.22. The molecule has 2 N–H and O–H groups in total. The highest BCUT2D eigenvalue weighted by atomic mass is 16.5. The van der Waals surface area contributed by atoms with E-state index in [0.29, 0.717) is 19.2 Å². The Hall–Kier alpha value is -2.93. The van der Waals surface area contributed by atoms with Crippen LogP contribution in [0.3, 0.4) is 0 Å². The van der Waals surface area contributed by atoms with Crippen LogP contribution < -0.4 is 24.8 Å². The Balaban J connectivity index is 1.46. The van der Waals surface area contributed by atoms with Crippen molar-refractivity contribution in [1.29, 1.82) is 0 Å². The summed E-state index contributed by atoms with van der Waals surface area (Å²) in [4.78, 5) is 6.94. The zero-order valence-electron chi connectivity index (χ0n) is 18.4. The molecule has 1 saturated heterocycles. The molecule has 1 atom stereocenters. The molecule has 1 fully saturated rings. The lowest BCUT2D eigenvalue weighted by Crippen LogP contribution is -2.39. The normalized spacial score (nSPS) is 17.7. The van der Waals surface area contributed by atoms with E-state index in [-0.39, 0.29) is 6.04 Å². The number of nitrogens with one attached hydrogen (secondary N) is 2. The molecule has 2 aromatic rings. The van der Waals surface area contributed by atoms with Crippen molar-refractivity contribution in [1.82, 2.24) is 10.2 Å². The molecule has 4 rings (SSSR count). The highest BCUT2D eigenvalue weighted by molar-refractivity contribution is 5.93. The van der Waals surface area contributed by atoms with Gasteiger partial charge in [0, 0.05) is 37.3 Å². The summed E-state index contributed by atoms with van der Waals surface area (Å²) in [6.45, 7) is 4.27. The van der Waals surface area contributed by atoms with Crippen LogP contribution in [0.1, 0.15) is 30.9 Å². The molecular weight excluding hydrogens is 392 g/mol. The van der Waals surface area contributed by atoms with Gasteiger partial charge in [0.05, 0.1) is 26.4 Å². The Kier molecular flexibility index (Phi) is 7.14. The smallest absolute Gasteiger partial charge is 0.195 e. The molecule has 0 amide bonds. The summed E-state index contributed by atoms with van der Waals surface area (Å²) in [6.07, 6.45) is 3.35. The van der Waals surface area contributed by atoms with Gasteiger partial charge in [-0.2, -0.15) is 0 Å². The molecule has 7 heteroatoms. The van der Waals surface area contributed by atoms with Crippen molar-refractivity contribution < 1.29 is 14.2 Å². The Morgan fingerprint density at radius 3 is 2.61 bits per heavy atom. The number of guanidine groups is 1. The lowest BCUT2D eigenvalue weighted by Gasteiger charge is -2.30. The highest BCUT2D eigenvalue weighted by Gasteiger charge is 2.26. The van der Waals surface area contributed by atoms with Gasteiger partial charge in [0.2, 0.25) is 0 Å². The lowest BCUT2D eigenvalue weighted by molar-refractivity contribution is 0.240. The van der Waals surface area contributed by atoms with Gasteiger partial charge in [-0.15, -0.1) is 0 Å². The number of methoxy groups -OCH3 is 1. The summed E-state index contributed by atoms with van der Waals surface area (Å²) in [5.41, 5.74) is 2.11. The number of aliphatic imine (C=N–C) groups is 1. The van der Waals surface area contributed by atoms with Crippen LogP contribution in [0.4, 0.5) is 5.69 Å². The molecule has 7 nitrogen and oxygen atoms in total. The third-order valence-electron chi connectivity index (χ3n) is 5.78. The predicted molar refractivity (Wildman–Crippen MR) is 124 cm³/mol. The van der Waals surface area contributed by atoms with E-state index in [1.54, 1.807) is 14.2 Å². The molecule has 2 aromatic carbocycles. The molecule has 0 aromatic heterocycles. The number of fused-ring (bicyclic) bond motifs is 1. The number of ether oxygens (including phenoxy) is 3. The molecule has 2 heterocycles. The number of para-hydroxylation sites is 1. The van der Waals surface area contributed by atoms with Gasteiger partial charge >= 0.3 is 0 Å². The molecule has 1 unspecified atom stereocenters. The van der Waals surface area contributed by atoms with Crippen molar-refractivity contribution in [3.63, 3.8) is 0 Å². The highest BCUT2D eigenvalue weighted by Crippen LogP contribution is 2.33. The summed E-state index contributed by atoms with van der Waals surface area (Å²) < 4.78 is 17.2. The number of benzene rings is 2. The van der Waals surface area contributed by atoms with Crippen molar-refractivity contribution in [3.8, 4) is 17.2 Å². The molecule has 0 radical (unpaired) electrons. The monoisotopic (exact) mass is 424 g/mol. The van der Waals surface area contributed by atoms with Crippen LogP contribution in [0, 0.1) is 0 Å². The zero-order valence-corrected chi connectivity index (χ0v) is 18.4. The number of likely N-dealkylation sites (tertiary alicyclic amines) is 1. The molecule has 2 aliphatic heterocycles. The van der Waals surface area contributed by atoms with Crippen LogP contribution in [-0.4, -0.2) is 57.9 Å². The largest absolute Gasteiger partial charge is 0.496 e. The van der Waals surface area contributed by atoms with Gasteiger partial charge in [-0.3, -0.25) is 9.89 Å². The SMILES string of the molecule is CN=C(NCC(c1ccccc1OC)N1CCCC1)Nc1ccc2c(c1)OCCCO2. The van der Waals surface area contributed by atoms with Crippen molar-refractivity contribution in [2.75, 3.05) is 52.3 Å². The summed E-state index contributed by atoms with van der Waals surface area (Å²) in [5, 5.41) is 6.89. The second-order valence-electron chi connectivity index (χ2n) is 7.79. The first-order valence-corrected chi connectivity index (χ1v) is 11.0. The Morgan fingerprint density at radius 2 is 1.84 bits per heavy atom. The molecule has 166 valence electrons. The average molecular weight is 425 g/mol. The molecule has 2 aliphatic rings. The number of anilines is 1. The van der Waals surface area contributed by atoms with E-state index < -0.39 is 0 Å². The lowest BCUT2D eigenvalue weighted by atomic mass is 10.0. The van der Waals surface area contributed by atoms with Crippen LogP contribution in [-0.2, 0) is 0 Å². The fraction of sp³-hybridized carbons (Fsp3) is 0.458. The summed E-state index contributed by atoms with van der Waals surface area (Å²) in [7, 11) is 3.52. The van der Waals surface area contributed by atoms with Crippen molar-refractivity contribution in [2.45, 2.75) is 25.3 Å². The summed E-state index contributed by atoms with van der Waals surface area (Å²) in [6, 6.07) is 14.4. The summed E-state index contributed by atoms with van der Waals surface area (Å²) >= 11 is 0. The Morgan fingerprint density at radius 1 is 1.06 bits per heavy atom. The molecule has 0 saturated carbocycles. The fourth-order valence-corrected chi connectivity index (χ4v) is 4.18. The predicted octanol–water partition coefficient (Wildman–Crippen LogP) is 3.68. The van der Waals surface area contributed by atoms with Crippen molar-refractivity contribution >= 4 is 11.6 Å². The number of nitrogens with zero attached hydrogens (tertiary/aromatic N) is 2. The van der Waals surface area contributed by atoms with Gasteiger partial charge in [-0.1, -0.05) is 18.2 Å². The van der Waals surface area contributed by atoms with Gasteiger partial charge in [-0.05, 0) is 44.1 Å². The van der Waals surface area contributed by atoms with Crippen LogP contribution in [0.15, 0.2) is 47.5 Å². The maximum absolute atomic E-state index is 5.81. The van der Waals surface area contributed by atoms with E-state index in [1.807, 2.05) is 30.3 Å². The minimum absolute atomic E-state index is 0.209. The first-order valence-electron chi connectivity index (χ1n) is 11.0. The van der Waals surface area contributed by atoms with Crippen LogP contribution in [0.5, 0.6) is 17.2 Å². The standard InChI is InChI=1S/C24H32N4O3/c1-25-24(27-18-10-11-22-23(16-18)31-15-7-14-30-22)26-17-20(28-12-5-6-13-28)19-8-3-4-9-21(19)29-2/h3-4,8-11,16,20H,5-7,12-15,17H2,1-2H3,(H2,25,26,27). The van der Waals surface area contributed by atoms with Crippen molar-refractivity contribution in [3.05, 3.63) is 48.0 Å². The van der Waals surface area contributed by atoms with Crippen LogP contribution >= 0.6 is 0 Å². The van der Waals surface area contributed by atoms with Gasteiger partial charge in [0.1, 0.15) is 5.75 Å². The maximum atomic E-state index is 5.81. The van der Waals surface area contributed by atoms with Gasteiger partial charge in [0.25, 0.3) is 0 Å². The van der Waals surface area contributed by atoms with Crippen LogP contribution in [0.25, 0.3) is 0 Å². The molecule has 0 aliphatic carbocycles. The molecular formula is C24H32N4O3. The van der Waals surface area contributed by atoms with E-state index in [1.165, 1.54) is 18.4 Å². The van der Waals surface area contributed by atoms with E-state index in [4.69, 9.17) is 14.2 Å². The molecule has 31 heavy (non-hydrogen) atoms. The Bertz CT molecular complexity index is 896. The molecule has 0 bridgehead atoms. The molecule has 0 spiro atoms. The Labute approximate surface area is 184 Å². The maximum Gasteiger partial charge on any atom is 0.195 e. The van der Waals surface area contributed by atoms with Gasteiger partial charge in [0.15, 0.2) is 17.5 Å². The van der Waals surface area contributed by atoms with E-state index in [9.17, 15) is 0 Å². The fourth-order valence-electron chi connectivity index (χ4n) is 4.18. The topological polar surface area (TPSA) is 67.4 Å². The zero-order chi connectivity index (χ0) is 21.5.